The normalized spacial score (nSPS) is 19.7. The number of ether oxygens (including phenoxy) is 2. The summed E-state index contributed by atoms with van der Waals surface area (Å²) in [4.78, 5) is 40.1. The molecule has 9 nitrogen and oxygen atoms in total. The standard InChI is InChI=1S/C23H26N4O5S/c1-25-22(30)19(27(23(25)33)14-21(29)31-2)10-15-12-26(18-8-4-3-7-17(15)18)13-20(28)24-11-16-6-5-9-32-16/h3-4,7-8,10,12,16H,5-6,9,11,13-14H2,1-2H3,(H,24,28)/b19-10-/t16-/m1/s1. The van der Waals surface area contributed by atoms with Gasteiger partial charge in [-0.05, 0) is 37.2 Å². The predicted molar refractivity (Wildman–Crippen MR) is 126 cm³/mol. The fourth-order valence-electron chi connectivity index (χ4n) is 4.06. The molecule has 0 spiro atoms. The molecule has 174 valence electrons. The number of carbonyl (C=O) groups is 3. The number of likely N-dealkylation sites (N-methyl/N-ethyl adjacent to an activating group) is 1. The number of nitrogens with one attached hydrogen (secondary N) is 1. The molecule has 2 aliphatic heterocycles. The third kappa shape index (κ3) is 4.76. The maximum atomic E-state index is 12.8. The van der Waals surface area contributed by atoms with E-state index < -0.39 is 5.97 Å². The van der Waals surface area contributed by atoms with Crippen LogP contribution in [0.25, 0.3) is 17.0 Å². The molecular formula is C23H26N4O5S. The number of para-hydroxylation sites is 1. The molecule has 1 aromatic heterocycles. The summed E-state index contributed by atoms with van der Waals surface area (Å²) in [5.41, 5.74) is 1.88. The van der Waals surface area contributed by atoms with Gasteiger partial charge in [-0.2, -0.15) is 0 Å². The van der Waals surface area contributed by atoms with Crippen LogP contribution in [-0.2, 0) is 30.4 Å². The third-order valence-electron chi connectivity index (χ3n) is 5.82. The molecule has 0 radical (unpaired) electrons. The summed E-state index contributed by atoms with van der Waals surface area (Å²) in [5.74, 6) is -0.928. The van der Waals surface area contributed by atoms with Crippen LogP contribution in [0, 0.1) is 0 Å². The smallest absolute Gasteiger partial charge is 0.325 e. The van der Waals surface area contributed by atoms with E-state index in [1.807, 2.05) is 35.0 Å². The number of thiocarbonyl (C=S) groups is 1. The van der Waals surface area contributed by atoms with E-state index in [1.54, 1.807) is 13.1 Å². The van der Waals surface area contributed by atoms with Crippen molar-refractivity contribution in [1.82, 2.24) is 19.7 Å². The summed E-state index contributed by atoms with van der Waals surface area (Å²) in [6, 6.07) is 7.64. The van der Waals surface area contributed by atoms with E-state index in [9.17, 15) is 14.4 Å². The number of hydrogen-bond acceptors (Lipinski definition) is 6. The van der Waals surface area contributed by atoms with Crippen LogP contribution in [-0.4, -0.2) is 77.2 Å². The van der Waals surface area contributed by atoms with Gasteiger partial charge in [-0.3, -0.25) is 19.3 Å². The first-order valence-electron chi connectivity index (χ1n) is 10.7. The average molecular weight is 471 g/mol. The van der Waals surface area contributed by atoms with Crippen molar-refractivity contribution in [3.63, 3.8) is 0 Å². The molecule has 2 aromatic rings. The first-order chi connectivity index (χ1) is 15.9. The summed E-state index contributed by atoms with van der Waals surface area (Å²) in [5, 5.41) is 4.04. The van der Waals surface area contributed by atoms with Gasteiger partial charge in [0.1, 0.15) is 18.8 Å². The lowest BCUT2D eigenvalue weighted by molar-refractivity contribution is -0.140. The lowest BCUT2D eigenvalue weighted by Gasteiger charge is -2.16. The Morgan fingerprint density at radius 1 is 1.30 bits per heavy atom. The number of carbonyl (C=O) groups excluding carboxylic acids is 3. The number of aromatic nitrogens is 1. The Labute approximate surface area is 196 Å². The van der Waals surface area contributed by atoms with E-state index >= 15 is 0 Å². The van der Waals surface area contributed by atoms with Gasteiger partial charge in [-0.25, -0.2) is 0 Å². The van der Waals surface area contributed by atoms with Crippen LogP contribution in [0.1, 0.15) is 18.4 Å². The fraction of sp³-hybridized carbons (Fsp3) is 0.391. The van der Waals surface area contributed by atoms with Crippen molar-refractivity contribution in [3.8, 4) is 0 Å². The molecule has 0 saturated carbocycles. The van der Waals surface area contributed by atoms with Gasteiger partial charge in [-0.1, -0.05) is 18.2 Å². The van der Waals surface area contributed by atoms with Crippen LogP contribution in [0.4, 0.5) is 0 Å². The van der Waals surface area contributed by atoms with Crippen molar-refractivity contribution in [3.05, 3.63) is 41.7 Å². The number of esters is 1. The molecule has 1 atom stereocenters. The second-order valence-electron chi connectivity index (χ2n) is 8.01. The number of hydrogen-bond donors (Lipinski definition) is 1. The molecule has 4 rings (SSSR count). The monoisotopic (exact) mass is 470 g/mol. The average Bonchev–Trinajstić information content (AvgIpc) is 3.50. The van der Waals surface area contributed by atoms with Crippen molar-refractivity contribution in [1.29, 1.82) is 0 Å². The van der Waals surface area contributed by atoms with Crippen LogP contribution >= 0.6 is 12.2 Å². The van der Waals surface area contributed by atoms with Gasteiger partial charge >= 0.3 is 5.97 Å². The lowest BCUT2D eigenvalue weighted by Crippen LogP contribution is -2.34. The lowest BCUT2D eigenvalue weighted by atomic mass is 10.1. The zero-order chi connectivity index (χ0) is 23.5. The minimum Gasteiger partial charge on any atom is -0.468 e. The summed E-state index contributed by atoms with van der Waals surface area (Å²) in [6.45, 7) is 1.21. The van der Waals surface area contributed by atoms with E-state index in [0.717, 1.165) is 35.9 Å². The summed E-state index contributed by atoms with van der Waals surface area (Å²) >= 11 is 5.35. The van der Waals surface area contributed by atoms with E-state index in [-0.39, 0.29) is 41.8 Å². The van der Waals surface area contributed by atoms with Gasteiger partial charge in [0.05, 0.1) is 13.2 Å². The minimum atomic E-state index is -0.503. The summed E-state index contributed by atoms with van der Waals surface area (Å²) in [6.07, 6.45) is 5.58. The van der Waals surface area contributed by atoms with E-state index in [1.165, 1.54) is 16.9 Å². The van der Waals surface area contributed by atoms with Crippen molar-refractivity contribution in [2.45, 2.75) is 25.5 Å². The summed E-state index contributed by atoms with van der Waals surface area (Å²) in [7, 11) is 2.85. The van der Waals surface area contributed by atoms with Gasteiger partial charge < -0.3 is 24.3 Å². The highest BCUT2D eigenvalue weighted by Gasteiger charge is 2.37. The van der Waals surface area contributed by atoms with Crippen molar-refractivity contribution in [2.75, 3.05) is 33.9 Å². The van der Waals surface area contributed by atoms with E-state index in [0.29, 0.717) is 6.54 Å². The van der Waals surface area contributed by atoms with Gasteiger partial charge in [0.25, 0.3) is 5.91 Å². The van der Waals surface area contributed by atoms with Crippen molar-refractivity contribution >= 4 is 52.1 Å². The fourth-order valence-corrected chi connectivity index (χ4v) is 4.30. The van der Waals surface area contributed by atoms with Crippen LogP contribution in [0.2, 0.25) is 0 Å². The second kappa shape index (κ2) is 9.72. The number of fused-ring (bicyclic) bond motifs is 1. The quantitative estimate of drug-likeness (QED) is 0.373. The van der Waals surface area contributed by atoms with Crippen LogP contribution < -0.4 is 5.32 Å². The minimum absolute atomic E-state index is 0.0747. The zero-order valence-electron chi connectivity index (χ0n) is 18.6. The second-order valence-corrected chi connectivity index (χ2v) is 8.37. The Kier molecular flexibility index (Phi) is 6.75. The number of rotatable bonds is 7. The Morgan fingerprint density at radius 2 is 2.09 bits per heavy atom. The predicted octanol–water partition coefficient (Wildman–Crippen LogP) is 1.51. The van der Waals surface area contributed by atoms with Gasteiger partial charge in [0.15, 0.2) is 5.11 Å². The molecule has 1 N–H and O–H groups in total. The highest BCUT2D eigenvalue weighted by Crippen LogP contribution is 2.28. The van der Waals surface area contributed by atoms with Gasteiger partial charge in [-0.15, -0.1) is 0 Å². The molecule has 0 unspecified atom stereocenters. The number of nitrogens with zero attached hydrogens (tertiary/aromatic N) is 3. The third-order valence-corrected chi connectivity index (χ3v) is 6.32. The molecular weight excluding hydrogens is 444 g/mol. The Hall–Kier alpha value is -3.24. The molecule has 33 heavy (non-hydrogen) atoms. The molecule has 10 heteroatoms. The first kappa shape index (κ1) is 22.9. The molecule has 2 amide bonds. The van der Waals surface area contributed by atoms with E-state index in [2.05, 4.69) is 5.32 Å². The molecule has 3 heterocycles. The van der Waals surface area contributed by atoms with Gasteiger partial charge in [0, 0.05) is 42.9 Å². The highest BCUT2D eigenvalue weighted by atomic mass is 32.1. The maximum absolute atomic E-state index is 12.8. The Bertz CT molecular complexity index is 1140. The topological polar surface area (TPSA) is 93.1 Å². The SMILES string of the molecule is COC(=O)CN1C(=S)N(C)C(=O)/C1=C/c1cn(CC(=O)NC[C@H]2CCCO2)c2ccccc12. The molecule has 0 bridgehead atoms. The Morgan fingerprint density at radius 3 is 2.82 bits per heavy atom. The first-order valence-corrected chi connectivity index (χ1v) is 11.1. The molecule has 2 aliphatic rings. The van der Waals surface area contributed by atoms with Crippen LogP contribution in [0.3, 0.4) is 0 Å². The van der Waals surface area contributed by atoms with E-state index in [4.69, 9.17) is 21.7 Å². The Balaban J connectivity index is 1.61. The van der Waals surface area contributed by atoms with Crippen molar-refractivity contribution < 1.29 is 23.9 Å². The molecule has 2 fully saturated rings. The zero-order valence-corrected chi connectivity index (χ0v) is 19.4. The van der Waals surface area contributed by atoms with Gasteiger partial charge in [0.2, 0.25) is 5.91 Å². The molecule has 1 aromatic carbocycles. The highest BCUT2D eigenvalue weighted by molar-refractivity contribution is 7.80. The number of amides is 2. The largest absolute Gasteiger partial charge is 0.468 e. The van der Waals surface area contributed by atoms with Crippen molar-refractivity contribution in [2.24, 2.45) is 0 Å². The number of methoxy groups -OCH3 is 1. The van der Waals surface area contributed by atoms with Crippen LogP contribution in [0.15, 0.2) is 36.2 Å². The molecule has 0 aliphatic carbocycles. The summed E-state index contributed by atoms with van der Waals surface area (Å²) < 4.78 is 12.2. The maximum Gasteiger partial charge on any atom is 0.325 e. The molecule has 2 saturated heterocycles. The van der Waals surface area contributed by atoms with Crippen LogP contribution in [0.5, 0.6) is 0 Å². The number of benzene rings is 1.